The average Bonchev–Trinajstić information content (AvgIpc) is 2.21. The Labute approximate surface area is 90.3 Å². The minimum absolute atomic E-state index is 0.115. The van der Waals surface area contributed by atoms with Crippen LogP contribution >= 0.6 is 0 Å². The molecule has 0 bridgehead atoms. The fourth-order valence-electron chi connectivity index (χ4n) is 0.779. The molecule has 1 N–H and O–H groups in total. The summed E-state index contributed by atoms with van der Waals surface area (Å²) in [7, 11) is 0. The fraction of sp³-hybridized carbons (Fsp3) is 0.800. The van der Waals surface area contributed by atoms with Crippen LogP contribution in [-0.2, 0) is 19.0 Å². The van der Waals surface area contributed by atoms with Gasteiger partial charge in [-0.15, -0.1) is 0 Å². The number of carboxylic acid groups (broad SMARTS) is 1. The molecule has 0 amide bonds. The molecule has 1 atom stereocenters. The Bertz CT molecular complexity index is 160. The molecule has 1 unspecified atom stereocenters. The van der Waals surface area contributed by atoms with Crippen molar-refractivity contribution in [2.45, 2.75) is 6.92 Å². The summed E-state index contributed by atoms with van der Waals surface area (Å²) in [6.45, 7) is 8.06. The highest BCUT2D eigenvalue weighted by Gasteiger charge is 2.10. The Hall–Kier alpha value is -0.650. The molecule has 0 aliphatic rings. The third-order valence-corrected chi connectivity index (χ3v) is 1.62. The quantitative estimate of drug-likeness (QED) is 0.545. The maximum absolute atomic E-state index is 10.3. The maximum atomic E-state index is 10.3. The van der Waals surface area contributed by atoms with Crippen LogP contribution in [0.4, 0.5) is 0 Å². The molecule has 15 heavy (non-hydrogen) atoms. The van der Waals surface area contributed by atoms with Crippen molar-refractivity contribution in [3.63, 3.8) is 0 Å². The van der Waals surface area contributed by atoms with Crippen LogP contribution in [0.25, 0.3) is 0 Å². The van der Waals surface area contributed by atoms with Gasteiger partial charge in [-0.2, -0.15) is 0 Å². The molecule has 0 aromatic heterocycles. The summed E-state index contributed by atoms with van der Waals surface area (Å²) in [5, 5.41) is 8.49. The number of hydrogen-bond acceptors (Lipinski definition) is 4. The second-order valence-corrected chi connectivity index (χ2v) is 2.92. The van der Waals surface area contributed by atoms with Gasteiger partial charge in [0.1, 0.15) is 0 Å². The summed E-state index contributed by atoms with van der Waals surface area (Å²) in [6.07, 6.45) is 0. The van der Waals surface area contributed by atoms with E-state index >= 15 is 0 Å². The second kappa shape index (κ2) is 9.89. The van der Waals surface area contributed by atoms with E-state index in [2.05, 4.69) is 6.92 Å². The van der Waals surface area contributed by atoms with Crippen LogP contribution in [-0.4, -0.2) is 50.7 Å². The summed E-state index contributed by atoms with van der Waals surface area (Å²) < 4.78 is 15.3. The van der Waals surface area contributed by atoms with E-state index < -0.39 is 11.9 Å². The highest BCUT2D eigenvalue weighted by molar-refractivity contribution is 5.70. The van der Waals surface area contributed by atoms with Crippen molar-refractivity contribution in [1.29, 1.82) is 0 Å². The molecule has 0 fully saturated rings. The smallest absolute Gasteiger partial charge is 0.308 e. The monoisotopic (exact) mass is 219 g/mol. The van der Waals surface area contributed by atoms with E-state index in [-0.39, 0.29) is 6.61 Å². The minimum Gasteiger partial charge on any atom is -0.481 e. The number of carbonyl (C=O) groups is 1. The van der Waals surface area contributed by atoms with Gasteiger partial charge < -0.3 is 19.3 Å². The lowest BCUT2D eigenvalue weighted by Crippen LogP contribution is -2.18. The molecule has 0 spiro atoms. The zero-order valence-corrected chi connectivity index (χ0v) is 9.11. The van der Waals surface area contributed by atoms with Crippen LogP contribution in [0.15, 0.2) is 0 Å². The second-order valence-electron chi connectivity index (χ2n) is 2.92. The molecule has 0 aliphatic carbocycles. The molecule has 0 saturated carbocycles. The third-order valence-electron chi connectivity index (χ3n) is 1.62. The van der Waals surface area contributed by atoms with Crippen molar-refractivity contribution >= 4 is 5.97 Å². The van der Waals surface area contributed by atoms with Crippen LogP contribution in [0.5, 0.6) is 0 Å². The molecule has 0 rings (SSSR count). The van der Waals surface area contributed by atoms with Gasteiger partial charge in [-0.05, 0) is 13.8 Å². The number of aliphatic carboxylic acids is 1. The summed E-state index contributed by atoms with van der Waals surface area (Å²) in [6, 6.07) is 0. The van der Waals surface area contributed by atoms with Gasteiger partial charge in [0.05, 0.1) is 39.0 Å². The first-order chi connectivity index (χ1) is 7.18. The SMILES string of the molecule is [CH2]C(COCCOCCOCC)C(=O)O. The van der Waals surface area contributed by atoms with Gasteiger partial charge in [0.15, 0.2) is 0 Å². The highest BCUT2D eigenvalue weighted by Crippen LogP contribution is 1.94. The zero-order valence-electron chi connectivity index (χ0n) is 9.11. The van der Waals surface area contributed by atoms with Gasteiger partial charge in [-0.1, -0.05) is 0 Å². The largest absolute Gasteiger partial charge is 0.481 e. The molecule has 1 radical (unpaired) electrons. The Morgan fingerprint density at radius 1 is 1.20 bits per heavy atom. The summed E-state index contributed by atoms with van der Waals surface area (Å²) >= 11 is 0. The zero-order chi connectivity index (χ0) is 11.5. The van der Waals surface area contributed by atoms with Gasteiger partial charge in [0.25, 0.3) is 0 Å². The van der Waals surface area contributed by atoms with Gasteiger partial charge in [0, 0.05) is 6.61 Å². The first-order valence-corrected chi connectivity index (χ1v) is 4.97. The Morgan fingerprint density at radius 3 is 2.27 bits per heavy atom. The van der Waals surface area contributed by atoms with E-state index in [0.29, 0.717) is 33.0 Å². The van der Waals surface area contributed by atoms with Crippen molar-refractivity contribution in [2.75, 3.05) is 39.6 Å². The highest BCUT2D eigenvalue weighted by atomic mass is 16.5. The maximum Gasteiger partial charge on any atom is 0.308 e. The summed E-state index contributed by atoms with van der Waals surface area (Å²) in [5.74, 6) is -1.67. The number of hydrogen-bond donors (Lipinski definition) is 1. The van der Waals surface area contributed by atoms with Crippen LogP contribution in [0.3, 0.4) is 0 Å². The van der Waals surface area contributed by atoms with Crippen molar-refractivity contribution in [1.82, 2.24) is 0 Å². The standard InChI is InChI=1S/C10H19O5/c1-3-13-4-5-14-6-7-15-8-9(2)10(11)12/h9H,2-8H2,1H3,(H,11,12). The molecule has 0 heterocycles. The lowest BCUT2D eigenvalue weighted by Gasteiger charge is -2.08. The first kappa shape index (κ1) is 14.3. The molecule has 5 nitrogen and oxygen atoms in total. The topological polar surface area (TPSA) is 65.0 Å². The molecule has 89 valence electrons. The molecular formula is C10H19O5. The molecular weight excluding hydrogens is 200 g/mol. The van der Waals surface area contributed by atoms with E-state index in [4.69, 9.17) is 19.3 Å². The van der Waals surface area contributed by atoms with Gasteiger partial charge in [0.2, 0.25) is 0 Å². The Morgan fingerprint density at radius 2 is 1.73 bits per heavy atom. The third kappa shape index (κ3) is 9.65. The lowest BCUT2D eigenvalue weighted by atomic mass is 10.2. The summed E-state index contributed by atoms with van der Waals surface area (Å²) in [4.78, 5) is 10.3. The molecule has 0 aromatic carbocycles. The average molecular weight is 219 g/mol. The Kier molecular flexibility index (Phi) is 9.46. The van der Waals surface area contributed by atoms with Crippen molar-refractivity contribution in [2.24, 2.45) is 5.92 Å². The number of carboxylic acids is 1. The van der Waals surface area contributed by atoms with Gasteiger partial charge in [-0.3, -0.25) is 4.79 Å². The van der Waals surface area contributed by atoms with Crippen molar-refractivity contribution in [3.8, 4) is 0 Å². The van der Waals surface area contributed by atoms with Crippen LogP contribution in [0.1, 0.15) is 6.92 Å². The van der Waals surface area contributed by atoms with E-state index in [1.54, 1.807) is 0 Å². The van der Waals surface area contributed by atoms with Gasteiger partial charge >= 0.3 is 5.97 Å². The van der Waals surface area contributed by atoms with Crippen LogP contribution in [0.2, 0.25) is 0 Å². The summed E-state index contributed by atoms with van der Waals surface area (Å²) in [5.41, 5.74) is 0. The van der Waals surface area contributed by atoms with E-state index in [1.165, 1.54) is 0 Å². The minimum atomic E-state index is -0.952. The lowest BCUT2D eigenvalue weighted by molar-refractivity contribution is -0.142. The predicted molar refractivity (Wildman–Crippen MR) is 54.6 cm³/mol. The van der Waals surface area contributed by atoms with Crippen LogP contribution < -0.4 is 0 Å². The first-order valence-electron chi connectivity index (χ1n) is 4.97. The number of ether oxygens (including phenoxy) is 3. The van der Waals surface area contributed by atoms with Crippen LogP contribution in [0, 0.1) is 12.8 Å². The van der Waals surface area contributed by atoms with Crippen molar-refractivity contribution in [3.05, 3.63) is 6.92 Å². The molecule has 0 aliphatic heterocycles. The predicted octanol–water partition coefficient (Wildman–Crippen LogP) is 0.591. The molecule has 5 heteroatoms. The number of rotatable bonds is 10. The normalized spacial score (nSPS) is 12.7. The molecule has 0 saturated heterocycles. The van der Waals surface area contributed by atoms with E-state index in [0.717, 1.165) is 0 Å². The van der Waals surface area contributed by atoms with Gasteiger partial charge in [-0.25, -0.2) is 0 Å². The molecule has 0 aromatic rings. The van der Waals surface area contributed by atoms with E-state index in [9.17, 15) is 4.79 Å². The van der Waals surface area contributed by atoms with Crippen molar-refractivity contribution < 1.29 is 24.1 Å². The fourth-order valence-corrected chi connectivity index (χ4v) is 0.779. The van der Waals surface area contributed by atoms with E-state index in [1.807, 2.05) is 6.92 Å². The Balaban J connectivity index is 3.08.